The zero-order chi connectivity index (χ0) is 22.6. The number of ether oxygens (including phenoxy) is 1. The molecule has 5 rings (SSSR count). The molecule has 0 radical (unpaired) electrons. The highest BCUT2D eigenvalue weighted by Gasteiger charge is 2.49. The van der Waals surface area contributed by atoms with Crippen LogP contribution in [-0.2, 0) is 6.54 Å². The number of aromatic nitrogens is 1. The fraction of sp³-hybridized carbons (Fsp3) is 0.393. The molecule has 2 saturated heterocycles. The van der Waals surface area contributed by atoms with Gasteiger partial charge in [0.2, 0.25) is 0 Å². The van der Waals surface area contributed by atoms with Crippen LogP contribution in [-0.4, -0.2) is 65.3 Å². The summed E-state index contributed by atoms with van der Waals surface area (Å²) in [5.41, 5.74) is 4.89. The maximum absolute atomic E-state index is 10.2. The molecular formula is C28H33N3O2. The zero-order valence-corrected chi connectivity index (χ0v) is 19.3. The maximum Gasteiger partial charge on any atom is 0.126 e. The van der Waals surface area contributed by atoms with Crippen LogP contribution in [0.2, 0.25) is 0 Å². The van der Waals surface area contributed by atoms with Gasteiger partial charge < -0.3 is 9.84 Å². The van der Waals surface area contributed by atoms with Crippen molar-refractivity contribution in [3.8, 4) is 16.9 Å². The van der Waals surface area contributed by atoms with Crippen LogP contribution in [0.5, 0.6) is 5.75 Å². The van der Waals surface area contributed by atoms with E-state index in [1.54, 1.807) is 7.11 Å². The summed E-state index contributed by atoms with van der Waals surface area (Å²) in [5, 5.41) is 10.2. The van der Waals surface area contributed by atoms with Gasteiger partial charge in [-0.1, -0.05) is 42.5 Å². The molecule has 1 N–H and O–H groups in total. The molecule has 3 aromatic rings. The number of aliphatic hydroxyl groups is 1. The number of aliphatic hydroxyl groups excluding tert-OH is 1. The molecule has 5 heteroatoms. The van der Waals surface area contributed by atoms with E-state index in [9.17, 15) is 5.11 Å². The van der Waals surface area contributed by atoms with Crippen LogP contribution in [0.3, 0.4) is 0 Å². The molecule has 2 fully saturated rings. The molecule has 0 saturated carbocycles. The molecule has 1 aromatic heterocycles. The molecule has 0 amide bonds. The van der Waals surface area contributed by atoms with E-state index in [-0.39, 0.29) is 12.6 Å². The van der Waals surface area contributed by atoms with Crippen LogP contribution < -0.4 is 4.74 Å². The smallest absolute Gasteiger partial charge is 0.126 e. The molecule has 3 atom stereocenters. The second-order valence-electron chi connectivity index (χ2n) is 9.20. The number of pyridine rings is 1. The zero-order valence-electron chi connectivity index (χ0n) is 19.3. The van der Waals surface area contributed by atoms with Gasteiger partial charge in [-0.05, 0) is 60.8 Å². The Morgan fingerprint density at radius 1 is 0.970 bits per heavy atom. The van der Waals surface area contributed by atoms with Crippen LogP contribution >= 0.6 is 0 Å². The van der Waals surface area contributed by atoms with Crippen LogP contribution in [0.1, 0.15) is 29.9 Å². The third kappa shape index (κ3) is 4.54. The van der Waals surface area contributed by atoms with Crippen molar-refractivity contribution in [1.29, 1.82) is 0 Å². The van der Waals surface area contributed by atoms with E-state index in [2.05, 4.69) is 57.2 Å². The second kappa shape index (κ2) is 10.0. The van der Waals surface area contributed by atoms with Gasteiger partial charge >= 0.3 is 0 Å². The first-order valence-corrected chi connectivity index (χ1v) is 12.0. The molecule has 0 aliphatic carbocycles. The molecule has 0 bridgehead atoms. The molecule has 0 unspecified atom stereocenters. The van der Waals surface area contributed by atoms with Gasteiger partial charge in [0, 0.05) is 49.0 Å². The van der Waals surface area contributed by atoms with Crippen molar-refractivity contribution in [3.05, 3.63) is 84.2 Å². The van der Waals surface area contributed by atoms with Crippen molar-refractivity contribution in [2.24, 2.45) is 0 Å². The highest BCUT2D eigenvalue weighted by molar-refractivity contribution is 5.70. The molecule has 33 heavy (non-hydrogen) atoms. The second-order valence-corrected chi connectivity index (χ2v) is 9.20. The minimum Gasteiger partial charge on any atom is -0.496 e. The van der Waals surface area contributed by atoms with Gasteiger partial charge in [-0.3, -0.25) is 14.8 Å². The summed E-state index contributed by atoms with van der Waals surface area (Å²) >= 11 is 0. The average Bonchev–Trinajstić information content (AvgIpc) is 2.85. The Bertz CT molecular complexity index is 1040. The minimum atomic E-state index is 0.202. The highest BCUT2D eigenvalue weighted by Crippen LogP contribution is 2.42. The van der Waals surface area contributed by atoms with Gasteiger partial charge in [-0.25, -0.2) is 0 Å². The van der Waals surface area contributed by atoms with Gasteiger partial charge in [0.15, 0.2) is 0 Å². The number of fused-ring (bicyclic) bond motifs is 1. The van der Waals surface area contributed by atoms with E-state index in [1.807, 2.05) is 30.6 Å². The number of hydrogen-bond donors (Lipinski definition) is 1. The summed E-state index contributed by atoms with van der Waals surface area (Å²) in [6, 6.07) is 21.9. The van der Waals surface area contributed by atoms with Crippen LogP contribution in [0, 0.1) is 0 Å². The van der Waals surface area contributed by atoms with Gasteiger partial charge in [0.1, 0.15) is 5.75 Å². The number of benzene rings is 2. The third-order valence-corrected chi connectivity index (χ3v) is 7.32. The van der Waals surface area contributed by atoms with Gasteiger partial charge in [0.05, 0.1) is 13.7 Å². The lowest BCUT2D eigenvalue weighted by Gasteiger charge is -2.57. The Labute approximate surface area is 196 Å². The predicted molar refractivity (Wildman–Crippen MR) is 131 cm³/mol. The van der Waals surface area contributed by atoms with Crippen molar-refractivity contribution in [2.45, 2.75) is 37.4 Å². The fourth-order valence-corrected chi connectivity index (χ4v) is 5.67. The summed E-state index contributed by atoms with van der Waals surface area (Å²) in [5.74, 6) is 1.24. The van der Waals surface area contributed by atoms with E-state index in [0.717, 1.165) is 43.1 Å². The normalized spacial score (nSPS) is 23.8. The van der Waals surface area contributed by atoms with Crippen molar-refractivity contribution >= 4 is 0 Å². The molecule has 5 nitrogen and oxygen atoms in total. The van der Waals surface area contributed by atoms with Crippen LogP contribution in [0.25, 0.3) is 11.1 Å². The molecular weight excluding hydrogens is 410 g/mol. The van der Waals surface area contributed by atoms with Crippen molar-refractivity contribution in [1.82, 2.24) is 14.8 Å². The Hall–Kier alpha value is -2.73. The topological polar surface area (TPSA) is 48.8 Å². The number of para-hydroxylation sites is 1. The van der Waals surface area contributed by atoms with Gasteiger partial charge in [-0.15, -0.1) is 0 Å². The molecule has 2 aliphatic heterocycles. The predicted octanol–water partition coefficient (Wildman–Crippen LogP) is 4.18. The van der Waals surface area contributed by atoms with Gasteiger partial charge in [0.25, 0.3) is 0 Å². The lowest BCUT2D eigenvalue weighted by Crippen LogP contribution is -2.67. The van der Waals surface area contributed by atoms with E-state index in [4.69, 9.17) is 4.74 Å². The Kier molecular flexibility index (Phi) is 6.72. The quantitative estimate of drug-likeness (QED) is 0.619. The monoisotopic (exact) mass is 443 g/mol. The summed E-state index contributed by atoms with van der Waals surface area (Å²) in [6.45, 7) is 4.39. The highest BCUT2D eigenvalue weighted by atomic mass is 16.5. The standard InChI is InChI=1S/C28H33N3O2/c1-33-27-7-3-2-6-24(27)22-8-10-23(11-9-22)28-25-19-30(18-21-12-14-29-15-13-21)16-4-5-17-31(25)26(28)20-32/h2-3,6-15,25-26,28,32H,4-5,16-20H2,1H3/t25-,26-,28-/m0/s1. The first-order chi connectivity index (χ1) is 16.3. The average molecular weight is 444 g/mol. The Morgan fingerprint density at radius 3 is 2.48 bits per heavy atom. The molecule has 0 spiro atoms. The van der Waals surface area contributed by atoms with Crippen molar-refractivity contribution in [3.63, 3.8) is 0 Å². The van der Waals surface area contributed by atoms with Crippen LogP contribution in [0.4, 0.5) is 0 Å². The summed E-state index contributed by atoms with van der Waals surface area (Å²) in [4.78, 5) is 9.28. The molecule has 2 aromatic carbocycles. The summed E-state index contributed by atoms with van der Waals surface area (Å²) < 4.78 is 5.55. The SMILES string of the molecule is COc1ccccc1-c1ccc([C@@H]2[C@H](CO)N3CCCCN(Cc4ccncc4)C[C@@H]23)cc1. The number of nitrogens with zero attached hydrogens (tertiary/aromatic N) is 3. The summed E-state index contributed by atoms with van der Waals surface area (Å²) in [6.07, 6.45) is 6.13. The van der Waals surface area contributed by atoms with E-state index >= 15 is 0 Å². The minimum absolute atomic E-state index is 0.202. The molecule has 172 valence electrons. The van der Waals surface area contributed by atoms with E-state index in [0.29, 0.717) is 12.0 Å². The molecule has 2 aliphatic rings. The van der Waals surface area contributed by atoms with Crippen molar-refractivity contribution < 1.29 is 9.84 Å². The Morgan fingerprint density at radius 2 is 1.73 bits per heavy atom. The largest absolute Gasteiger partial charge is 0.496 e. The lowest BCUT2D eigenvalue weighted by molar-refractivity contribution is -0.0655. The van der Waals surface area contributed by atoms with E-state index < -0.39 is 0 Å². The molecule has 3 heterocycles. The summed E-state index contributed by atoms with van der Waals surface area (Å²) in [7, 11) is 1.72. The van der Waals surface area contributed by atoms with Gasteiger partial charge in [-0.2, -0.15) is 0 Å². The van der Waals surface area contributed by atoms with E-state index in [1.165, 1.54) is 24.0 Å². The van der Waals surface area contributed by atoms with Crippen molar-refractivity contribution in [2.75, 3.05) is 33.4 Å². The Balaban J connectivity index is 1.37. The first-order valence-electron chi connectivity index (χ1n) is 12.0. The first kappa shape index (κ1) is 22.1. The number of rotatable bonds is 6. The maximum atomic E-state index is 10.2. The number of hydrogen-bond acceptors (Lipinski definition) is 5. The number of methoxy groups -OCH3 is 1. The third-order valence-electron chi connectivity index (χ3n) is 7.32. The lowest BCUT2D eigenvalue weighted by atomic mass is 9.74. The van der Waals surface area contributed by atoms with Crippen LogP contribution in [0.15, 0.2) is 73.1 Å². The fourth-order valence-electron chi connectivity index (χ4n) is 5.67.